The minimum atomic E-state index is -0.195. The molecule has 1 heterocycles. The fourth-order valence-corrected chi connectivity index (χ4v) is 4.63. The molecule has 31 heavy (non-hydrogen) atoms. The molecule has 2 N–H and O–H groups in total. The average molecular weight is 443 g/mol. The molecule has 1 atom stereocenters. The van der Waals surface area contributed by atoms with Crippen molar-refractivity contribution in [2.75, 3.05) is 64.2 Å². The Morgan fingerprint density at radius 2 is 1.77 bits per heavy atom. The topological polar surface area (TPSA) is 56.8 Å². The van der Waals surface area contributed by atoms with E-state index in [9.17, 15) is 4.79 Å². The molecule has 168 valence electrons. The number of likely N-dealkylation sites (N-methyl/N-ethyl adjacent to an activating group) is 1. The number of carbonyl (C=O) groups is 1. The quantitative estimate of drug-likeness (QED) is 0.620. The summed E-state index contributed by atoms with van der Waals surface area (Å²) in [5, 5.41) is 5.93. The minimum Gasteiger partial charge on any atom is -0.497 e. The predicted octanol–water partition coefficient (Wildman–Crippen LogP) is 3.71. The molecule has 0 aliphatic carbocycles. The molecule has 2 aromatic rings. The number of hydrogen-bond acceptors (Lipinski definition) is 5. The van der Waals surface area contributed by atoms with Crippen LogP contribution in [0.4, 0.5) is 10.5 Å². The fraction of sp³-hybridized carbons (Fsp3) is 0.458. The van der Waals surface area contributed by atoms with Crippen LogP contribution in [0, 0.1) is 0 Å². The number of amides is 2. The molecule has 1 fully saturated rings. The lowest BCUT2D eigenvalue weighted by atomic mass is 10.1. The first-order valence-electron chi connectivity index (χ1n) is 10.8. The van der Waals surface area contributed by atoms with Crippen LogP contribution in [0.25, 0.3) is 0 Å². The maximum Gasteiger partial charge on any atom is 0.319 e. The van der Waals surface area contributed by atoms with Gasteiger partial charge in [-0.3, -0.25) is 0 Å². The molecule has 0 bridgehead atoms. The number of thioether (sulfide) groups is 1. The summed E-state index contributed by atoms with van der Waals surface area (Å²) in [6, 6.07) is 16.0. The first-order valence-corrected chi connectivity index (χ1v) is 11.9. The van der Waals surface area contributed by atoms with Crippen LogP contribution in [0.5, 0.6) is 5.75 Å². The van der Waals surface area contributed by atoms with E-state index in [4.69, 9.17) is 4.74 Å². The molecule has 0 aromatic heterocycles. The second kappa shape index (κ2) is 12.0. The number of hydrogen-bond donors (Lipinski definition) is 2. The number of nitrogens with zero attached hydrogens (tertiary/aromatic N) is 2. The lowest BCUT2D eigenvalue weighted by molar-refractivity contribution is 0.243. The molecule has 0 radical (unpaired) electrons. The summed E-state index contributed by atoms with van der Waals surface area (Å²) in [6.07, 6.45) is 1.05. The Bertz CT molecular complexity index is 805. The van der Waals surface area contributed by atoms with Gasteiger partial charge in [0, 0.05) is 43.4 Å². The van der Waals surface area contributed by atoms with Gasteiger partial charge in [0.1, 0.15) is 5.75 Å². The highest BCUT2D eigenvalue weighted by molar-refractivity contribution is 7.99. The number of rotatable bonds is 9. The molecule has 0 spiro atoms. The van der Waals surface area contributed by atoms with Crippen molar-refractivity contribution < 1.29 is 9.53 Å². The SMILES string of the molecule is COc1ccc(C(CNC(=O)Nc2ccc(CCN3CCSCC3)cc2)N(C)C)cc1. The Morgan fingerprint density at radius 3 is 2.39 bits per heavy atom. The van der Waals surface area contributed by atoms with Gasteiger partial charge in [-0.1, -0.05) is 24.3 Å². The van der Waals surface area contributed by atoms with Gasteiger partial charge in [0.2, 0.25) is 0 Å². The van der Waals surface area contributed by atoms with Gasteiger partial charge in [-0.25, -0.2) is 4.79 Å². The summed E-state index contributed by atoms with van der Waals surface area (Å²) in [5.74, 6) is 3.31. The number of methoxy groups -OCH3 is 1. The summed E-state index contributed by atoms with van der Waals surface area (Å²) in [7, 11) is 5.68. The Hall–Kier alpha value is -2.22. The zero-order chi connectivity index (χ0) is 22.1. The Kier molecular flexibility index (Phi) is 9.06. The van der Waals surface area contributed by atoms with Gasteiger partial charge in [0.15, 0.2) is 0 Å². The average Bonchev–Trinajstić information content (AvgIpc) is 2.79. The first-order chi connectivity index (χ1) is 15.0. The van der Waals surface area contributed by atoms with Crippen molar-refractivity contribution in [3.8, 4) is 5.75 Å². The molecule has 1 aliphatic heterocycles. The zero-order valence-corrected chi connectivity index (χ0v) is 19.6. The normalized spacial score (nSPS) is 15.5. The van der Waals surface area contributed by atoms with Crippen molar-refractivity contribution >= 4 is 23.5 Å². The van der Waals surface area contributed by atoms with E-state index in [1.807, 2.05) is 62.3 Å². The molecule has 1 unspecified atom stereocenters. The Morgan fingerprint density at radius 1 is 1.10 bits per heavy atom. The monoisotopic (exact) mass is 442 g/mol. The van der Waals surface area contributed by atoms with Crippen LogP contribution in [-0.2, 0) is 6.42 Å². The minimum absolute atomic E-state index is 0.0761. The number of nitrogens with one attached hydrogen (secondary N) is 2. The molecular formula is C24H34N4O2S. The van der Waals surface area contributed by atoms with Gasteiger partial charge < -0.3 is 25.2 Å². The molecule has 3 rings (SSSR count). The number of benzene rings is 2. The van der Waals surface area contributed by atoms with Crippen LogP contribution in [0.2, 0.25) is 0 Å². The standard InChI is InChI=1S/C24H34N4O2S/c1-27(2)23(20-6-10-22(30-3)11-7-20)18-25-24(29)26-21-8-4-19(5-9-21)12-13-28-14-16-31-17-15-28/h4-11,23H,12-18H2,1-3H3,(H2,25,26,29). The van der Waals surface area contributed by atoms with E-state index in [0.717, 1.165) is 30.0 Å². The third kappa shape index (κ3) is 7.45. The van der Waals surface area contributed by atoms with Crippen LogP contribution in [-0.4, -0.2) is 74.7 Å². The first kappa shape index (κ1) is 23.4. The van der Waals surface area contributed by atoms with Gasteiger partial charge in [0.05, 0.1) is 13.2 Å². The lowest BCUT2D eigenvalue weighted by Gasteiger charge is -2.26. The van der Waals surface area contributed by atoms with Gasteiger partial charge >= 0.3 is 6.03 Å². The van der Waals surface area contributed by atoms with Gasteiger partial charge in [-0.2, -0.15) is 11.8 Å². The van der Waals surface area contributed by atoms with Gasteiger partial charge in [0.25, 0.3) is 0 Å². The van der Waals surface area contributed by atoms with E-state index in [2.05, 4.69) is 32.6 Å². The van der Waals surface area contributed by atoms with E-state index in [-0.39, 0.29) is 12.1 Å². The van der Waals surface area contributed by atoms with Gasteiger partial charge in [-0.05, 0) is 55.9 Å². The van der Waals surface area contributed by atoms with E-state index >= 15 is 0 Å². The van der Waals surface area contributed by atoms with E-state index in [0.29, 0.717) is 6.54 Å². The second-order valence-electron chi connectivity index (χ2n) is 7.99. The molecule has 1 aliphatic rings. The van der Waals surface area contributed by atoms with Crippen molar-refractivity contribution in [3.05, 3.63) is 59.7 Å². The second-order valence-corrected chi connectivity index (χ2v) is 9.21. The number of carbonyl (C=O) groups excluding carboxylic acids is 1. The predicted molar refractivity (Wildman–Crippen MR) is 130 cm³/mol. The van der Waals surface area contributed by atoms with E-state index < -0.39 is 0 Å². The Labute approximate surface area is 190 Å². The number of urea groups is 1. The van der Waals surface area contributed by atoms with Crippen LogP contribution < -0.4 is 15.4 Å². The molecule has 2 amide bonds. The molecule has 6 nitrogen and oxygen atoms in total. The maximum absolute atomic E-state index is 12.4. The lowest BCUT2D eigenvalue weighted by Crippen LogP contribution is -2.36. The highest BCUT2D eigenvalue weighted by Gasteiger charge is 2.15. The molecule has 0 saturated carbocycles. The molecule has 7 heteroatoms. The maximum atomic E-state index is 12.4. The summed E-state index contributed by atoms with van der Waals surface area (Å²) < 4.78 is 5.23. The van der Waals surface area contributed by atoms with Gasteiger partial charge in [-0.15, -0.1) is 0 Å². The smallest absolute Gasteiger partial charge is 0.319 e. The van der Waals surface area contributed by atoms with Crippen molar-refractivity contribution in [3.63, 3.8) is 0 Å². The highest BCUT2D eigenvalue weighted by Crippen LogP contribution is 2.21. The summed E-state index contributed by atoms with van der Waals surface area (Å²) in [4.78, 5) is 17.0. The van der Waals surface area contributed by atoms with Crippen molar-refractivity contribution in [1.82, 2.24) is 15.1 Å². The van der Waals surface area contributed by atoms with Crippen LogP contribution in [0.1, 0.15) is 17.2 Å². The third-order valence-electron chi connectivity index (χ3n) is 5.61. The molecular weight excluding hydrogens is 408 g/mol. The van der Waals surface area contributed by atoms with Crippen molar-refractivity contribution in [2.45, 2.75) is 12.5 Å². The molecule has 2 aromatic carbocycles. The van der Waals surface area contributed by atoms with Crippen molar-refractivity contribution in [1.29, 1.82) is 0 Å². The third-order valence-corrected chi connectivity index (χ3v) is 6.55. The zero-order valence-electron chi connectivity index (χ0n) is 18.8. The fourth-order valence-electron chi connectivity index (χ4n) is 3.66. The molecule has 1 saturated heterocycles. The largest absolute Gasteiger partial charge is 0.497 e. The number of ether oxygens (including phenoxy) is 1. The van der Waals surface area contributed by atoms with Crippen LogP contribution in [0.15, 0.2) is 48.5 Å². The summed E-state index contributed by atoms with van der Waals surface area (Å²) in [6.45, 7) is 3.99. The van der Waals surface area contributed by atoms with Crippen LogP contribution >= 0.6 is 11.8 Å². The summed E-state index contributed by atoms with van der Waals surface area (Å²) in [5.41, 5.74) is 3.24. The van der Waals surface area contributed by atoms with Crippen molar-refractivity contribution in [2.24, 2.45) is 0 Å². The number of anilines is 1. The summed E-state index contributed by atoms with van der Waals surface area (Å²) >= 11 is 2.04. The highest BCUT2D eigenvalue weighted by atomic mass is 32.2. The van der Waals surface area contributed by atoms with E-state index in [1.165, 1.54) is 30.2 Å². The van der Waals surface area contributed by atoms with E-state index in [1.54, 1.807) is 7.11 Å². The van der Waals surface area contributed by atoms with Crippen LogP contribution in [0.3, 0.4) is 0 Å². The Balaban J connectivity index is 1.46.